The Morgan fingerprint density at radius 2 is 0.944 bits per heavy atom. The lowest BCUT2D eigenvalue weighted by molar-refractivity contribution is -0.334. The number of benzene rings is 2. The van der Waals surface area contributed by atoms with Crippen LogP contribution in [0.2, 0.25) is 0 Å². The molecule has 0 bridgehead atoms. The van der Waals surface area contributed by atoms with Crippen molar-refractivity contribution in [3.63, 3.8) is 0 Å². The zero-order chi connectivity index (χ0) is 26.5. The molecule has 0 aliphatic rings. The highest BCUT2D eigenvalue weighted by molar-refractivity contribution is 7.22. The average molecular weight is 552 g/mol. The summed E-state index contributed by atoms with van der Waals surface area (Å²) in [6.45, 7) is 0. The van der Waals surface area contributed by atoms with Crippen LogP contribution in [0, 0.1) is 0 Å². The third-order valence-electron chi connectivity index (χ3n) is 4.82. The van der Waals surface area contributed by atoms with Crippen molar-refractivity contribution in [3.05, 3.63) is 48.5 Å². The summed E-state index contributed by atoms with van der Waals surface area (Å²) in [5.41, 5.74) is 10.3. The lowest BCUT2D eigenvalue weighted by Crippen LogP contribution is -2.68. The van der Waals surface area contributed by atoms with Crippen LogP contribution in [0.3, 0.4) is 0 Å². The average Bonchev–Trinajstić information content (AvgIpc) is 3.41. The Morgan fingerprint density at radius 1 is 0.611 bits per heavy atom. The third-order valence-corrected chi connectivity index (χ3v) is 6.68. The minimum absolute atomic E-state index is 0.236. The lowest BCUT2D eigenvalue weighted by atomic mass is 9.97. The Balaban J connectivity index is 1.68. The maximum Gasteiger partial charge on any atom is 0.386 e. The highest BCUT2D eigenvalue weighted by Crippen LogP contribution is 2.53. The highest BCUT2D eigenvalue weighted by atomic mass is 32.1. The molecule has 0 aliphatic heterocycles. The maximum absolute atomic E-state index is 14.5. The highest BCUT2D eigenvalue weighted by Gasteiger charge is 2.82. The van der Waals surface area contributed by atoms with Crippen molar-refractivity contribution < 1.29 is 35.1 Å². The van der Waals surface area contributed by atoms with E-state index in [1.807, 2.05) is 0 Å². The molecule has 6 nitrogen and oxygen atoms in total. The van der Waals surface area contributed by atoms with Crippen molar-refractivity contribution in [1.29, 1.82) is 0 Å². The minimum Gasteiger partial charge on any atom is -0.382 e. The molecule has 36 heavy (non-hydrogen) atoms. The first-order valence-corrected chi connectivity index (χ1v) is 11.2. The number of para-hydroxylation sites is 2. The molecule has 0 fully saturated rings. The molecule has 4 N–H and O–H groups in total. The topological polar surface area (TPSA) is 103 Å². The molecular weight excluding hydrogens is 540 g/mol. The van der Waals surface area contributed by atoms with Gasteiger partial charge in [-0.3, -0.25) is 0 Å². The fourth-order valence-electron chi connectivity index (χ4n) is 2.88. The summed E-state index contributed by atoms with van der Waals surface area (Å²) in [4.78, 5) is 13.5. The summed E-state index contributed by atoms with van der Waals surface area (Å²) in [5, 5.41) is -1.15. The number of halogens is 8. The standard InChI is InChI=1S/C20H12F8N6S2/c21-17(22,13(29)33-15-31-9-5-1-3-7-11(9)35-15)19(25,26)20(27,28)18(23,24)14(30)34-16-32-10-6-2-4-8-12(10)36-16/h1-8H,(H2,29,31,33)(H2,30,32,34). The van der Waals surface area contributed by atoms with Gasteiger partial charge in [0.2, 0.25) is 10.3 Å². The third kappa shape index (κ3) is 4.03. The summed E-state index contributed by atoms with van der Waals surface area (Å²) in [5.74, 6) is -30.3. The second-order valence-corrected chi connectivity index (χ2v) is 9.24. The number of amidine groups is 2. The van der Waals surface area contributed by atoms with E-state index < -0.39 is 45.6 Å². The van der Waals surface area contributed by atoms with Crippen molar-refractivity contribution in [1.82, 2.24) is 9.97 Å². The molecule has 2 aromatic carbocycles. The Bertz CT molecular complexity index is 1320. The van der Waals surface area contributed by atoms with Gasteiger partial charge in [-0.15, -0.1) is 0 Å². The first kappa shape index (κ1) is 25.7. The van der Waals surface area contributed by atoms with E-state index in [1.165, 1.54) is 36.4 Å². The summed E-state index contributed by atoms with van der Waals surface area (Å²) >= 11 is 1.27. The molecule has 4 aromatic rings. The van der Waals surface area contributed by atoms with Crippen LogP contribution in [-0.4, -0.2) is 45.3 Å². The van der Waals surface area contributed by atoms with E-state index in [-0.39, 0.29) is 11.0 Å². The van der Waals surface area contributed by atoms with Crippen LogP contribution in [0.5, 0.6) is 0 Å². The number of nitrogens with zero attached hydrogens (tertiary/aromatic N) is 4. The van der Waals surface area contributed by atoms with Crippen LogP contribution < -0.4 is 11.5 Å². The Labute approximate surface area is 204 Å². The molecule has 0 amide bonds. The molecule has 2 heterocycles. The van der Waals surface area contributed by atoms with E-state index in [0.717, 1.165) is 0 Å². The predicted molar refractivity (Wildman–Crippen MR) is 122 cm³/mol. The van der Waals surface area contributed by atoms with Crippen LogP contribution >= 0.6 is 22.7 Å². The van der Waals surface area contributed by atoms with Gasteiger partial charge in [0.25, 0.3) is 0 Å². The number of aromatic nitrogens is 2. The second-order valence-electron chi connectivity index (χ2n) is 7.22. The van der Waals surface area contributed by atoms with E-state index >= 15 is 0 Å². The largest absolute Gasteiger partial charge is 0.386 e. The van der Waals surface area contributed by atoms with Gasteiger partial charge in [0.1, 0.15) is 0 Å². The normalized spacial score (nSPS) is 14.7. The summed E-state index contributed by atoms with van der Waals surface area (Å²) in [6, 6.07) is 12.1. The van der Waals surface area contributed by atoms with E-state index in [9.17, 15) is 35.1 Å². The van der Waals surface area contributed by atoms with Crippen molar-refractivity contribution >= 4 is 65.0 Å². The van der Waals surface area contributed by atoms with Crippen molar-refractivity contribution in [2.24, 2.45) is 21.5 Å². The number of fused-ring (bicyclic) bond motifs is 2. The Hall–Kier alpha value is -3.40. The molecule has 0 radical (unpaired) electrons. The van der Waals surface area contributed by atoms with Gasteiger partial charge in [-0.05, 0) is 24.3 Å². The molecule has 190 valence electrons. The van der Waals surface area contributed by atoms with Crippen LogP contribution in [-0.2, 0) is 0 Å². The molecular formula is C20H12F8N6S2. The zero-order valence-corrected chi connectivity index (χ0v) is 19.0. The quantitative estimate of drug-likeness (QED) is 0.164. The van der Waals surface area contributed by atoms with Gasteiger partial charge in [0.15, 0.2) is 11.7 Å². The number of alkyl halides is 8. The van der Waals surface area contributed by atoms with E-state index in [4.69, 9.17) is 11.5 Å². The number of rotatable bonds is 7. The van der Waals surface area contributed by atoms with E-state index in [0.29, 0.717) is 32.1 Å². The van der Waals surface area contributed by atoms with Crippen molar-refractivity contribution in [2.75, 3.05) is 0 Å². The predicted octanol–water partition coefficient (Wildman–Crippen LogP) is 6.12. The number of hydrogen-bond donors (Lipinski definition) is 2. The Kier molecular flexibility index (Phi) is 6.15. The molecule has 0 spiro atoms. The van der Waals surface area contributed by atoms with Gasteiger partial charge < -0.3 is 11.5 Å². The molecule has 4 rings (SSSR count). The first-order valence-electron chi connectivity index (χ1n) is 9.60. The van der Waals surface area contributed by atoms with Crippen LogP contribution in [0.4, 0.5) is 45.4 Å². The number of aliphatic imine (C=N–C) groups is 2. The molecule has 0 saturated heterocycles. The van der Waals surface area contributed by atoms with Crippen molar-refractivity contribution in [2.45, 2.75) is 23.7 Å². The van der Waals surface area contributed by atoms with Crippen molar-refractivity contribution in [3.8, 4) is 0 Å². The molecule has 0 saturated carbocycles. The van der Waals surface area contributed by atoms with Crippen LogP contribution in [0.15, 0.2) is 58.5 Å². The van der Waals surface area contributed by atoms with Gasteiger partial charge in [0, 0.05) is 0 Å². The molecule has 16 heteroatoms. The molecule has 0 atom stereocenters. The van der Waals surface area contributed by atoms with Gasteiger partial charge in [-0.2, -0.15) is 45.1 Å². The van der Waals surface area contributed by atoms with Gasteiger partial charge >= 0.3 is 23.7 Å². The van der Waals surface area contributed by atoms with E-state index in [1.54, 1.807) is 12.1 Å². The lowest BCUT2D eigenvalue weighted by Gasteiger charge is -2.35. The Morgan fingerprint density at radius 3 is 1.28 bits per heavy atom. The van der Waals surface area contributed by atoms with E-state index in [2.05, 4.69) is 20.0 Å². The summed E-state index contributed by atoms with van der Waals surface area (Å²) < 4.78 is 116. The fourth-order valence-corrected chi connectivity index (χ4v) is 4.58. The van der Waals surface area contributed by atoms with Gasteiger partial charge in [-0.1, -0.05) is 46.9 Å². The van der Waals surface area contributed by atoms with Gasteiger partial charge in [0.05, 0.1) is 20.4 Å². The van der Waals surface area contributed by atoms with Gasteiger partial charge in [-0.25, -0.2) is 9.97 Å². The molecule has 0 unspecified atom stereocenters. The monoisotopic (exact) mass is 552 g/mol. The smallest absolute Gasteiger partial charge is 0.382 e. The van der Waals surface area contributed by atoms with Crippen LogP contribution in [0.25, 0.3) is 20.4 Å². The fraction of sp³-hybridized carbons (Fsp3) is 0.200. The maximum atomic E-state index is 14.5. The molecule has 0 aliphatic carbocycles. The second kappa shape index (κ2) is 8.62. The summed E-state index contributed by atoms with van der Waals surface area (Å²) in [6.07, 6.45) is 0. The SMILES string of the molecule is NC(=Nc1nc2ccccc2s1)C(F)(F)C(F)(F)C(F)(F)C(F)(F)C(N)=Nc1nc2ccccc2s1. The minimum atomic E-state index is -6.75. The number of nitrogens with two attached hydrogens (primary N) is 2. The summed E-state index contributed by atoms with van der Waals surface area (Å²) in [7, 11) is 0. The number of hydrogen-bond acceptors (Lipinski definition) is 6. The first-order chi connectivity index (χ1) is 16.7. The zero-order valence-electron chi connectivity index (χ0n) is 17.4. The van der Waals surface area contributed by atoms with Crippen LogP contribution in [0.1, 0.15) is 0 Å². The number of thiazole rings is 2. The molecule has 2 aromatic heterocycles.